The Hall–Kier alpha value is -2.50. The molecule has 0 aromatic carbocycles. The molecule has 2 amide bonds. The average Bonchev–Trinajstić information content (AvgIpc) is 3.38. The van der Waals surface area contributed by atoms with E-state index in [0.717, 1.165) is 12.8 Å². The number of nitrogens with two attached hydrogens (primary N) is 1. The first kappa shape index (κ1) is 23.3. The third kappa shape index (κ3) is 4.82. The van der Waals surface area contributed by atoms with E-state index in [4.69, 9.17) is 5.73 Å². The van der Waals surface area contributed by atoms with Crippen LogP contribution in [0.3, 0.4) is 0 Å². The van der Waals surface area contributed by atoms with Gasteiger partial charge in [0, 0.05) is 19.4 Å². The Morgan fingerprint density at radius 3 is 2.53 bits per heavy atom. The molecule has 186 valence electrons. The van der Waals surface area contributed by atoms with Crippen LogP contribution in [0.5, 0.6) is 0 Å². The minimum Gasteiger partial charge on any atom is -0.333 e. The Morgan fingerprint density at radius 2 is 1.88 bits per heavy atom. The van der Waals surface area contributed by atoms with Gasteiger partial charge in [0.05, 0.1) is 42.6 Å². The summed E-state index contributed by atoms with van der Waals surface area (Å²) in [6, 6.07) is -0.584. The maximum atomic E-state index is 13.5. The Morgan fingerprint density at radius 1 is 1.18 bits per heavy atom. The average molecular weight is 486 g/mol. The highest BCUT2D eigenvalue weighted by molar-refractivity contribution is 5.77. The first-order valence-corrected chi connectivity index (χ1v) is 11.6. The molecule has 3 N–H and O–H groups in total. The van der Waals surface area contributed by atoms with Crippen molar-refractivity contribution in [2.45, 2.75) is 75.2 Å². The quantitative estimate of drug-likeness (QED) is 0.595. The number of carbonyl (C=O) groups excluding carboxylic acids is 1. The minimum atomic E-state index is -4.36. The largest absolute Gasteiger partial charge is 0.391 e. The molecule has 0 bridgehead atoms. The van der Waals surface area contributed by atoms with E-state index < -0.39 is 36.6 Å². The lowest BCUT2D eigenvalue weighted by Gasteiger charge is -2.31. The number of urea groups is 1. The zero-order chi connectivity index (χ0) is 24.3. The summed E-state index contributed by atoms with van der Waals surface area (Å²) in [5, 5.41) is 6.85. The Bertz CT molecular complexity index is 1060. The highest BCUT2D eigenvalue weighted by atomic mass is 19.4. The number of hydrogen-bond acceptors (Lipinski definition) is 4. The summed E-state index contributed by atoms with van der Waals surface area (Å²) in [6.07, 6.45) is -0.0959. The van der Waals surface area contributed by atoms with E-state index in [1.165, 1.54) is 4.90 Å². The normalized spacial score (nSPS) is 25.5. The topological polar surface area (TPSA) is 88.5 Å². The maximum absolute atomic E-state index is 13.5. The first-order valence-electron chi connectivity index (χ1n) is 11.6. The fourth-order valence-corrected chi connectivity index (χ4v) is 5.27. The number of nitrogens with one attached hydrogen (secondary N) is 1. The number of carbonyl (C=O) groups is 1. The van der Waals surface area contributed by atoms with Gasteiger partial charge in [-0.15, -0.1) is 0 Å². The van der Waals surface area contributed by atoms with E-state index in [-0.39, 0.29) is 37.3 Å². The summed E-state index contributed by atoms with van der Waals surface area (Å²) in [4.78, 5) is 18.6. The molecule has 34 heavy (non-hydrogen) atoms. The second kappa shape index (κ2) is 8.31. The van der Waals surface area contributed by atoms with Gasteiger partial charge in [-0.1, -0.05) is 0 Å². The van der Waals surface area contributed by atoms with Crippen LogP contribution in [0.4, 0.5) is 26.7 Å². The van der Waals surface area contributed by atoms with Crippen LogP contribution in [0.2, 0.25) is 0 Å². The van der Waals surface area contributed by atoms with Crippen molar-refractivity contribution in [1.82, 2.24) is 24.8 Å². The van der Waals surface area contributed by atoms with Crippen molar-refractivity contribution in [3.8, 4) is 0 Å². The molecule has 3 atom stereocenters. The van der Waals surface area contributed by atoms with Crippen LogP contribution in [-0.4, -0.2) is 50.2 Å². The molecule has 0 radical (unpaired) electrons. The van der Waals surface area contributed by atoms with Gasteiger partial charge >= 0.3 is 12.2 Å². The highest BCUT2D eigenvalue weighted by Gasteiger charge is 2.45. The number of amides is 2. The van der Waals surface area contributed by atoms with Crippen molar-refractivity contribution in [2.75, 3.05) is 6.54 Å². The van der Waals surface area contributed by atoms with Crippen molar-refractivity contribution in [3.05, 3.63) is 29.7 Å². The van der Waals surface area contributed by atoms with Gasteiger partial charge in [0.1, 0.15) is 0 Å². The number of imidazole rings is 1. The molecule has 2 aliphatic carbocycles. The molecule has 0 spiro atoms. The van der Waals surface area contributed by atoms with Crippen LogP contribution in [0.25, 0.3) is 5.65 Å². The van der Waals surface area contributed by atoms with Gasteiger partial charge in [-0.05, 0) is 49.1 Å². The lowest BCUT2D eigenvalue weighted by molar-refractivity contribution is -0.138. The van der Waals surface area contributed by atoms with Gasteiger partial charge in [-0.2, -0.15) is 18.3 Å². The van der Waals surface area contributed by atoms with E-state index in [9.17, 15) is 26.7 Å². The molecule has 1 aliphatic heterocycles. The molecule has 2 aromatic heterocycles. The van der Waals surface area contributed by atoms with Crippen molar-refractivity contribution in [2.24, 2.45) is 17.6 Å². The van der Waals surface area contributed by atoms with Crippen LogP contribution < -0.4 is 11.1 Å². The lowest BCUT2D eigenvalue weighted by Crippen LogP contribution is -2.33. The van der Waals surface area contributed by atoms with E-state index >= 15 is 0 Å². The number of rotatable bonds is 6. The Balaban J connectivity index is 1.35. The summed E-state index contributed by atoms with van der Waals surface area (Å²) >= 11 is 0. The molecule has 3 heterocycles. The third-order valence-corrected chi connectivity index (χ3v) is 7.20. The minimum absolute atomic E-state index is 0.0262. The van der Waals surface area contributed by atoms with Crippen LogP contribution in [0.1, 0.15) is 68.3 Å². The summed E-state index contributed by atoms with van der Waals surface area (Å²) in [5.41, 5.74) is 8.13. The van der Waals surface area contributed by atoms with Crippen LogP contribution in [0, 0.1) is 11.8 Å². The molecule has 5 rings (SSSR count). The number of nitrogens with zero attached hydrogens (tertiary/aromatic N) is 4. The van der Waals surface area contributed by atoms with Crippen LogP contribution in [-0.2, 0) is 0 Å². The number of fused-ring (bicyclic) bond motifs is 1. The number of halogens is 5. The smallest absolute Gasteiger partial charge is 0.333 e. The monoisotopic (exact) mass is 486 g/mol. The predicted molar refractivity (Wildman–Crippen MR) is 112 cm³/mol. The predicted octanol–water partition coefficient (Wildman–Crippen LogP) is 4.35. The van der Waals surface area contributed by atoms with Gasteiger partial charge in [0.2, 0.25) is 5.92 Å². The SMILES string of the molecule is N[C@H](c1cn2ncc([C@@H](C3CC3)N3C[C@H](CC(F)(F)F)NC3=O)cc2n1)C1CCC(F)(F)CC1. The Labute approximate surface area is 192 Å². The fraction of sp³-hybridized carbons (Fsp3) is 0.682. The van der Waals surface area contributed by atoms with E-state index in [1.54, 1.807) is 23.0 Å². The molecule has 3 fully saturated rings. The van der Waals surface area contributed by atoms with Crippen molar-refractivity contribution in [3.63, 3.8) is 0 Å². The first-order chi connectivity index (χ1) is 16.0. The summed E-state index contributed by atoms with van der Waals surface area (Å²) < 4.78 is 67.1. The zero-order valence-electron chi connectivity index (χ0n) is 18.4. The van der Waals surface area contributed by atoms with E-state index in [0.29, 0.717) is 29.7 Å². The number of alkyl halides is 5. The van der Waals surface area contributed by atoms with Gasteiger partial charge in [0.25, 0.3) is 0 Å². The summed E-state index contributed by atoms with van der Waals surface area (Å²) in [6.45, 7) is -0.0262. The second-order valence-corrected chi connectivity index (χ2v) is 9.88. The van der Waals surface area contributed by atoms with E-state index in [2.05, 4.69) is 15.4 Å². The molecular formula is C22H27F5N6O. The molecule has 3 aliphatic rings. The van der Waals surface area contributed by atoms with E-state index in [1.807, 2.05) is 0 Å². The third-order valence-electron chi connectivity index (χ3n) is 7.20. The molecule has 7 nitrogen and oxygen atoms in total. The van der Waals surface area contributed by atoms with Crippen molar-refractivity contribution in [1.29, 1.82) is 0 Å². The summed E-state index contributed by atoms with van der Waals surface area (Å²) in [5.74, 6) is -2.58. The molecular weight excluding hydrogens is 459 g/mol. The van der Waals surface area contributed by atoms with Crippen molar-refractivity contribution >= 4 is 11.7 Å². The van der Waals surface area contributed by atoms with Crippen molar-refractivity contribution < 1.29 is 26.7 Å². The van der Waals surface area contributed by atoms with Gasteiger partial charge in [-0.3, -0.25) is 0 Å². The number of aromatic nitrogens is 3. The zero-order valence-corrected chi connectivity index (χ0v) is 18.4. The molecule has 12 heteroatoms. The fourth-order valence-electron chi connectivity index (χ4n) is 5.27. The standard InChI is InChI=1S/C22H27F5N6O/c23-21(24)5-3-12(4-6-21)18(28)16-11-33-17(31-16)7-14(9-29-33)19(13-1-2-13)32-10-15(30-20(32)34)8-22(25,26)27/h7,9,11-13,15,18-19H,1-6,8,10,28H2,(H,30,34)/t15-,18-,19+/m0/s1. The van der Waals surface area contributed by atoms with Gasteiger partial charge < -0.3 is 16.0 Å². The molecule has 1 saturated heterocycles. The molecule has 2 aromatic rings. The second-order valence-electron chi connectivity index (χ2n) is 9.88. The number of hydrogen-bond donors (Lipinski definition) is 2. The van der Waals surface area contributed by atoms with Gasteiger partial charge in [0.15, 0.2) is 5.65 Å². The molecule has 0 unspecified atom stereocenters. The van der Waals surface area contributed by atoms with Gasteiger partial charge in [-0.25, -0.2) is 23.1 Å². The lowest BCUT2D eigenvalue weighted by atomic mass is 9.81. The molecule has 2 saturated carbocycles. The highest BCUT2D eigenvalue weighted by Crippen LogP contribution is 2.46. The maximum Gasteiger partial charge on any atom is 0.391 e. The Kier molecular flexibility index (Phi) is 5.69. The van der Waals surface area contributed by atoms with Crippen LogP contribution in [0.15, 0.2) is 18.5 Å². The summed E-state index contributed by atoms with van der Waals surface area (Å²) in [7, 11) is 0. The van der Waals surface area contributed by atoms with Crippen LogP contribution >= 0.6 is 0 Å².